The van der Waals surface area contributed by atoms with Crippen LogP contribution in [0, 0.1) is 0 Å². The van der Waals surface area contributed by atoms with Crippen molar-refractivity contribution in [3.8, 4) is 0 Å². The Morgan fingerprint density at radius 1 is 0.562 bits per heavy atom. The summed E-state index contributed by atoms with van der Waals surface area (Å²) in [6, 6.07) is 13.0. The van der Waals surface area contributed by atoms with Gasteiger partial charge in [0.1, 0.15) is 0 Å². The van der Waals surface area contributed by atoms with Crippen LogP contribution in [-0.2, 0) is 16.8 Å². The second kappa shape index (κ2) is 12.9. The standard InChI is InChI=1S/C28H44N3.Co/c1-17(2)21-11-9-12-22(18(3)4)27(21)25(29)15-31-16-26(30)28-23(19(5)6)13-10-14-24(28)20(7)8;/h9-14,17-20,25-26H,15-16,29-30H2,1-8H3;/q-1;. The van der Waals surface area contributed by atoms with Crippen LogP contribution < -0.4 is 11.5 Å². The summed E-state index contributed by atoms with van der Waals surface area (Å²) in [7, 11) is 0. The summed E-state index contributed by atoms with van der Waals surface area (Å²) >= 11 is 0. The van der Waals surface area contributed by atoms with Gasteiger partial charge in [-0.1, -0.05) is 91.8 Å². The molecule has 4 heteroatoms. The van der Waals surface area contributed by atoms with E-state index in [2.05, 4.69) is 91.8 Å². The molecule has 0 amide bonds. The van der Waals surface area contributed by atoms with Gasteiger partial charge < -0.3 is 16.8 Å². The number of benzene rings is 2. The summed E-state index contributed by atoms with van der Waals surface area (Å²) in [5.41, 5.74) is 21.3. The van der Waals surface area contributed by atoms with Crippen molar-refractivity contribution in [3.05, 3.63) is 75.1 Å². The molecule has 1 radical (unpaired) electrons. The summed E-state index contributed by atoms with van der Waals surface area (Å²) in [5.74, 6) is 1.75. The van der Waals surface area contributed by atoms with Gasteiger partial charge in [0.05, 0.1) is 0 Å². The van der Waals surface area contributed by atoms with Crippen molar-refractivity contribution in [1.29, 1.82) is 0 Å². The molecule has 0 saturated heterocycles. The fourth-order valence-electron chi connectivity index (χ4n) is 4.61. The summed E-state index contributed by atoms with van der Waals surface area (Å²) in [4.78, 5) is 0. The minimum atomic E-state index is -0.104. The van der Waals surface area contributed by atoms with E-state index in [-0.39, 0.29) is 28.9 Å². The third kappa shape index (κ3) is 6.91. The van der Waals surface area contributed by atoms with Crippen LogP contribution in [0.1, 0.15) is 125 Å². The summed E-state index contributed by atoms with van der Waals surface area (Å²) < 4.78 is 0. The molecule has 0 aliphatic carbocycles. The van der Waals surface area contributed by atoms with Crippen LogP contribution in [0.2, 0.25) is 0 Å². The van der Waals surface area contributed by atoms with E-state index in [1.165, 1.54) is 33.4 Å². The third-order valence-corrected chi connectivity index (χ3v) is 6.23. The van der Waals surface area contributed by atoms with Crippen LogP contribution in [0.15, 0.2) is 36.4 Å². The number of rotatable bonds is 10. The Morgan fingerprint density at radius 2 is 0.812 bits per heavy atom. The van der Waals surface area contributed by atoms with Gasteiger partial charge >= 0.3 is 0 Å². The molecule has 0 spiro atoms. The molecule has 4 N–H and O–H groups in total. The molecule has 0 bridgehead atoms. The van der Waals surface area contributed by atoms with Crippen LogP contribution in [0.4, 0.5) is 0 Å². The molecule has 0 aromatic heterocycles. The first-order valence-corrected chi connectivity index (χ1v) is 12.0. The van der Waals surface area contributed by atoms with E-state index in [9.17, 15) is 0 Å². The van der Waals surface area contributed by atoms with E-state index in [1.807, 2.05) is 0 Å². The first-order valence-electron chi connectivity index (χ1n) is 12.0. The monoisotopic (exact) mass is 481 g/mol. The van der Waals surface area contributed by atoms with Crippen LogP contribution in [0.3, 0.4) is 0 Å². The van der Waals surface area contributed by atoms with Crippen molar-refractivity contribution in [2.24, 2.45) is 11.5 Å². The number of hydrogen-bond donors (Lipinski definition) is 2. The van der Waals surface area contributed by atoms with E-state index in [4.69, 9.17) is 16.8 Å². The van der Waals surface area contributed by atoms with Gasteiger partial charge in [-0.2, -0.15) is 0 Å². The Kier molecular flexibility index (Phi) is 11.6. The van der Waals surface area contributed by atoms with Crippen molar-refractivity contribution in [2.45, 2.75) is 91.1 Å². The summed E-state index contributed by atoms with van der Waals surface area (Å²) in [6.45, 7) is 19.1. The molecule has 2 rings (SSSR count). The van der Waals surface area contributed by atoms with Crippen LogP contribution in [0.5, 0.6) is 0 Å². The Morgan fingerprint density at radius 3 is 1.03 bits per heavy atom. The normalized spacial score (nSPS) is 13.7. The van der Waals surface area contributed by atoms with Crippen molar-refractivity contribution in [3.63, 3.8) is 0 Å². The topological polar surface area (TPSA) is 66.1 Å². The number of nitrogens with two attached hydrogens (primary N) is 2. The summed E-state index contributed by atoms with van der Waals surface area (Å²) in [5, 5.41) is 4.88. The molecule has 181 valence electrons. The van der Waals surface area contributed by atoms with E-state index < -0.39 is 0 Å². The average molecular weight is 482 g/mol. The molecule has 32 heavy (non-hydrogen) atoms. The average Bonchev–Trinajstić information content (AvgIpc) is 2.71. The van der Waals surface area contributed by atoms with Gasteiger partial charge in [-0.05, 0) is 57.1 Å². The third-order valence-electron chi connectivity index (χ3n) is 6.23. The molecule has 0 fully saturated rings. The van der Waals surface area contributed by atoms with Crippen molar-refractivity contribution in [2.75, 3.05) is 13.1 Å². The molecule has 2 aromatic rings. The predicted molar refractivity (Wildman–Crippen MR) is 136 cm³/mol. The fourth-order valence-corrected chi connectivity index (χ4v) is 4.61. The quantitative estimate of drug-likeness (QED) is 0.375. The van der Waals surface area contributed by atoms with Gasteiger partial charge in [-0.25, -0.2) is 0 Å². The molecular weight excluding hydrogens is 437 g/mol. The van der Waals surface area contributed by atoms with Crippen LogP contribution >= 0.6 is 0 Å². The molecule has 0 saturated carbocycles. The second-order valence-electron chi connectivity index (χ2n) is 10.1. The Labute approximate surface area is 207 Å². The van der Waals surface area contributed by atoms with E-state index in [1.54, 1.807) is 0 Å². The van der Waals surface area contributed by atoms with Crippen LogP contribution in [0.25, 0.3) is 5.32 Å². The van der Waals surface area contributed by atoms with E-state index in [0.29, 0.717) is 36.8 Å². The van der Waals surface area contributed by atoms with Crippen molar-refractivity contribution < 1.29 is 16.8 Å². The summed E-state index contributed by atoms with van der Waals surface area (Å²) in [6.07, 6.45) is 0. The van der Waals surface area contributed by atoms with Gasteiger partial charge in [-0.3, -0.25) is 0 Å². The molecule has 0 aliphatic heterocycles. The maximum Gasteiger partial charge on any atom is 0.0110 e. The second-order valence-corrected chi connectivity index (χ2v) is 10.1. The maximum atomic E-state index is 6.72. The van der Waals surface area contributed by atoms with Gasteiger partial charge in [0.25, 0.3) is 0 Å². The Bertz CT molecular complexity index is 721. The fraction of sp³-hybridized carbons (Fsp3) is 0.571. The van der Waals surface area contributed by atoms with Crippen molar-refractivity contribution in [1.82, 2.24) is 0 Å². The van der Waals surface area contributed by atoms with Gasteiger partial charge in [0, 0.05) is 28.9 Å². The molecule has 0 heterocycles. The predicted octanol–water partition coefficient (Wildman–Crippen LogP) is 7.25. The van der Waals surface area contributed by atoms with E-state index >= 15 is 0 Å². The Hall–Kier alpha value is -1.17. The molecule has 3 nitrogen and oxygen atoms in total. The van der Waals surface area contributed by atoms with Crippen molar-refractivity contribution >= 4 is 0 Å². The van der Waals surface area contributed by atoms with Gasteiger partial charge in [-0.15, -0.1) is 13.1 Å². The molecule has 0 aliphatic rings. The number of hydrogen-bond acceptors (Lipinski definition) is 2. The zero-order valence-corrected chi connectivity index (χ0v) is 22.3. The zero-order valence-electron chi connectivity index (χ0n) is 21.3. The molecule has 2 unspecified atom stereocenters. The minimum absolute atomic E-state index is 0. The van der Waals surface area contributed by atoms with Gasteiger partial charge in [0.15, 0.2) is 0 Å². The molecular formula is C28H44CoN3-. The Balaban J connectivity index is 0.00000512. The first-order chi connectivity index (χ1) is 14.6. The number of nitrogens with zero attached hydrogens (tertiary/aromatic N) is 1. The minimum Gasteiger partial charge on any atom is -0.659 e. The molecule has 2 aromatic carbocycles. The van der Waals surface area contributed by atoms with Gasteiger partial charge in [0.2, 0.25) is 0 Å². The maximum absolute atomic E-state index is 6.72. The molecule has 2 atom stereocenters. The first kappa shape index (κ1) is 28.9. The largest absolute Gasteiger partial charge is 0.659 e. The SMILES string of the molecule is CC(C)c1cccc(C(C)C)c1C(N)C[N-]CC(N)c1c(C(C)C)cccc1C(C)C.[Co]. The smallest absolute Gasteiger partial charge is 0.0110 e. The zero-order chi connectivity index (χ0) is 23.3. The van der Waals surface area contributed by atoms with E-state index in [0.717, 1.165) is 0 Å². The van der Waals surface area contributed by atoms with Crippen LogP contribution in [-0.4, -0.2) is 13.1 Å².